The molecule has 0 heterocycles. The first kappa shape index (κ1) is 29.9. The fourth-order valence-electron chi connectivity index (χ4n) is 2.62. The van der Waals surface area contributed by atoms with Crippen molar-refractivity contribution in [2.75, 3.05) is 6.54 Å². The molecule has 0 spiro atoms. The van der Waals surface area contributed by atoms with E-state index in [0.717, 1.165) is 6.42 Å². The number of carbonyl (C=O) groups excluding carboxylic acids is 5. The number of aliphatic carboxylic acids is 1. The summed E-state index contributed by atoms with van der Waals surface area (Å²) in [6, 6.07) is -4.80. The van der Waals surface area contributed by atoms with Crippen molar-refractivity contribution in [2.45, 2.75) is 83.1 Å². The van der Waals surface area contributed by atoms with Crippen molar-refractivity contribution in [1.29, 1.82) is 0 Å². The van der Waals surface area contributed by atoms with Crippen LogP contribution in [-0.4, -0.2) is 77.7 Å². The van der Waals surface area contributed by atoms with E-state index in [4.69, 9.17) is 10.8 Å². The van der Waals surface area contributed by atoms with Crippen LogP contribution >= 0.6 is 0 Å². The molecule has 0 rings (SSSR count). The maximum absolute atomic E-state index is 12.7. The Balaban J connectivity index is 4.95. The highest BCUT2D eigenvalue weighted by molar-refractivity contribution is 5.93. The highest BCUT2D eigenvalue weighted by atomic mass is 16.4. The monoisotopic (exact) mass is 473 g/mol. The number of quaternary nitrogens is 1. The Kier molecular flexibility index (Phi) is 14.2. The molecule has 13 heteroatoms. The molecule has 10 N–H and O–H groups in total. The summed E-state index contributed by atoms with van der Waals surface area (Å²) in [5.74, 6) is -3.54. The number of carboxylic acid groups (broad SMARTS) is 1. The van der Waals surface area contributed by atoms with Crippen molar-refractivity contribution >= 4 is 35.9 Å². The largest absolute Gasteiger partial charge is 0.480 e. The van der Waals surface area contributed by atoms with E-state index in [9.17, 15) is 28.8 Å². The number of nitrogens with two attached hydrogens (primary N) is 1. The number of rotatable bonds is 16. The Hall–Kier alpha value is -3.06. The molecule has 0 aromatic heterocycles. The summed E-state index contributed by atoms with van der Waals surface area (Å²) in [7, 11) is 0. The Bertz CT molecular complexity index is 700. The number of nitrogens with one attached hydrogen (secondary N) is 4. The topological polar surface area (TPSA) is 224 Å². The summed E-state index contributed by atoms with van der Waals surface area (Å²) in [5.41, 5.74) is 9.17. The predicted molar refractivity (Wildman–Crippen MR) is 117 cm³/mol. The zero-order valence-corrected chi connectivity index (χ0v) is 19.4. The average Bonchev–Trinajstić information content (AvgIpc) is 2.75. The molecule has 0 aromatic rings. The molecule has 0 aliphatic heterocycles. The van der Waals surface area contributed by atoms with E-state index < -0.39 is 59.8 Å². The van der Waals surface area contributed by atoms with Gasteiger partial charge in [-0.2, -0.15) is 0 Å². The summed E-state index contributed by atoms with van der Waals surface area (Å²) < 4.78 is 0. The lowest BCUT2D eigenvalue weighted by Gasteiger charge is -2.22. The highest BCUT2D eigenvalue weighted by Crippen LogP contribution is 2.04. The molecule has 33 heavy (non-hydrogen) atoms. The molecule has 4 amide bonds. The third-order valence-corrected chi connectivity index (χ3v) is 4.71. The second-order valence-corrected chi connectivity index (χ2v) is 7.85. The van der Waals surface area contributed by atoms with Crippen LogP contribution in [0.2, 0.25) is 0 Å². The molecule has 0 aromatic carbocycles. The second-order valence-electron chi connectivity index (χ2n) is 7.85. The van der Waals surface area contributed by atoms with E-state index in [2.05, 4.69) is 27.0 Å². The van der Waals surface area contributed by atoms with Crippen LogP contribution in [0, 0.1) is 0 Å². The predicted octanol–water partition coefficient (Wildman–Crippen LogP) is -3.21. The Morgan fingerprint density at radius 3 is 2.00 bits per heavy atom. The quantitative estimate of drug-likeness (QED) is 0.0889. The lowest BCUT2D eigenvalue weighted by atomic mass is 10.1. The van der Waals surface area contributed by atoms with Crippen molar-refractivity contribution < 1.29 is 39.6 Å². The summed E-state index contributed by atoms with van der Waals surface area (Å²) in [6.07, 6.45) is 2.01. The van der Waals surface area contributed by atoms with Crippen LogP contribution < -0.4 is 32.7 Å². The molecular weight excluding hydrogens is 436 g/mol. The third-order valence-electron chi connectivity index (χ3n) is 4.71. The van der Waals surface area contributed by atoms with Gasteiger partial charge in [0, 0.05) is 6.42 Å². The summed E-state index contributed by atoms with van der Waals surface area (Å²) in [4.78, 5) is 70.7. The zero-order valence-electron chi connectivity index (χ0n) is 19.4. The van der Waals surface area contributed by atoms with Gasteiger partial charge < -0.3 is 42.6 Å². The second kappa shape index (κ2) is 15.7. The number of unbranched alkanes of at least 4 members (excludes halogenated alkanes) is 1. The first-order valence-electron chi connectivity index (χ1n) is 10.9. The molecule has 0 aliphatic rings. The van der Waals surface area contributed by atoms with E-state index in [0.29, 0.717) is 25.7 Å². The molecule has 5 atom stereocenters. The van der Waals surface area contributed by atoms with Gasteiger partial charge in [0.05, 0.1) is 18.6 Å². The normalized spacial score (nSPS) is 15.2. The number of hydrogen-bond acceptors (Lipinski definition) is 7. The Morgan fingerprint density at radius 2 is 1.48 bits per heavy atom. The van der Waals surface area contributed by atoms with E-state index in [1.165, 1.54) is 20.8 Å². The lowest BCUT2D eigenvalue weighted by molar-refractivity contribution is -0.368. The minimum Gasteiger partial charge on any atom is -0.480 e. The van der Waals surface area contributed by atoms with Crippen LogP contribution in [0.3, 0.4) is 0 Å². The smallest absolute Gasteiger partial charge is 0.325 e. The fraction of sp³-hybridized carbons (Fsp3) is 0.700. The number of carbonyl (C=O) groups is 6. The molecule has 0 saturated carbocycles. The van der Waals surface area contributed by atoms with Gasteiger partial charge in [0.15, 0.2) is 0 Å². The molecular formula is C20H37N6O7+. The average molecular weight is 474 g/mol. The number of aldehydes is 1. The standard InChI is InChI=1S/C20H36N6O7/c1-11(22)17(29)25-14(10-27)7-8-16(28)26-15(6-4-5-9-21)19(31)23-12(2)18(30)24-13(3)20(32)33/h10-15H,4-9,21-22H2,1-3H3,(H,23,31)(H,24,30)(H,25,29)(H,26,28)(H,32,33)/p+1/t11-,12+,13+,14+,15-/m0/s1. The fourth-order valence-corrected chi connectivity index (χ4v) is 2.62. The third kappa shape index (κ3) is 12.5. The molecule has 0 aliphatic carbocycles. The van der Waals surface area contributed by atoms with E-state index in [1.54, 1.807) is 0 Å². The van der Waals surface area contributed by atoms with Crippen molar-refractivity contribution in [3.05, 3.63) is 0 Å². The van der Waals surface area contributed by atoms with Crippen LogP contribution in [0.25, 0.3) is 0 Å². The lowest BCUT2D eigenvalue weighted by Crippen LogP contribution is -2.54. The maximum Gasteiger partial charge on any atom is 0.325 e. The number of amides is 4. The van der Waals surface area contributed by atoms with Gasteiger partial charge in [-0.15, -0.1) is 0 Å². The molecule has 0 bridgehead atoms. The van der Waals surface area contributed by atoms with Gasteiger partial charge in [-0.05, 0) is 46.5 Å². The van der Waals surface area contributed by atoms with Crippen LogP contribution in [-0.2, 0) is 28.8 Å². The first-order valence-corrected chi connectivity index (χ1v) is 10.9. The SMILES string of the molecule is C[C@H](N)C(=O)N[C@@H](C=O)CCC(=O)N[C@@H](CCCC[NH3+])C(=O)N[C@H](C)C(=O)N[C@H](C)C(=O)O. The zero-order chi connectivity index (χ0) is 25.6. The van der Waals surface area contributed by atoms with Gasteiger partial charge in [0.2, 0.25) is 23.6 Å². The Labute approximate surface area is 192 Å². The summed E-state index contributed by atoms with van der Waals surface area (Å²) >= 11 is 0. The van der Waals surface area contributed by atoms with Gasteiger partial charge >= 0.3 is 5.97 Å². The van der Waals surface area contributed by atoms with Gasteiger partial charge in [0.1, 0.15) is 24.4 Å². The van der Waals surface area contributed by atoms with Crippen LogP contribution in [0.15, 0.2) is 0 Å². The number of carboxylic acids is 1. The molecule has 0 fully saturated rings. The highest BCUT2D eigenvalue weighted by Gasteiger charge is 2.26. The van der Waals surface area contributed by atoms with E-state index in [1.807, 2.05) is 0 Å². The van der Waals surface area contributed by atoms with Gasteiger partial charge in [-0.25, -0.2) is 0 Å². The molecule has 0 unspecified atom stereocenters. The molecule has 188 valence electrons. The van der Waals surface area contributed by atoms with Crippen molar-refractivity contribution in [3.8, 4) is 0 Å². The Morgan fingerprint density at radius 1 is 0.879 bits per heavy atom. The van der Waals surface area contributed by atoms with Crippen LogP contribution in [0.4, 0.5) is 0 Å². The minimum absolute atomic E-state index is 0.0207. The molecule has 0 saturated heterocycles. The van der Waals surface area contributed by atoms with Crippen molar-refractivity contribution in [1.82, 2.24) is 21.3 Å². The van der Waals surface area contributed by atoms with Crippen LogP contribution in [0.1, 0.15) is 52.9 Å². The minimum atomic E-state index is -1.22. The molecule has 13 nitrogen and oxygen atoms in total. The number of hydrogen-bond donors (Lipinski definition) is 7. The van der Waals surface area contributed by atoms with Gasteiger partial charge in [0.25, 0.3) is 0 Å². The summed E-state index contributed by atoms with van der Waals surface area (Å²) in [5, 5.41) is 18.6. The molecule has 0 radical (unpaired) electrons. The van der Waals surface area contributed by atoms with Gasteiger partial charge in [-0.1, -0.05) is 0 Å². The maximum atomic E-state index is 12.7. The van der Waals surface area contributed by atoms with Crippen molar-refractivity contribution in [2.24, 2.45) is 5.73 Å². The van der Waals surface area contributed by atoms with Crippen molar-refractivity contribution in [3.63, 3.8) is 0 Å². The van der Waals surface area contributed by atoms with Crippen LogP contribution in [0.5, 0.6) is 0 Å². The van der Waals surface area contributed by atoms with Gasteiger partial charge in [-0.3, -0.25) is 24.0 Å². The van der Waals surface area contributed by atoms with E-state index >= 15 is 0 Å². The summed E-state index contributed by atoms with van der Waals surface area (Å²) in [6.45, 7) is 4.79. The van der Waals surface area contributed by atoms with E-state index in [-0.39, 0.29) is 12.8 Å². The first-order chi connectivity index (χ1) is 15.4.